The zero-order valence-corrected chi connectivity index (χ0v) is 10.6. The number of hydrogen-bond acceptors (Lipinski definition) is 2. The maximum Gasteiger partial charge on any atom is 0.258 e. The maximum absolute atomic E-state index is 11.5. The lowest BCUT2D eigenvalue weighted by Gasteiger charge is -2.16. The van der Waals surface area contributed by atoms with Gasteiger partial charge in [-0.15, -0.1) is 0 Å². The number of hydrogen-bond donors (Lipinski definition) is 1. The summed E-state index contributed by atoms with van der Waals surface area (Å²) in [5.41, 5.74) is 2.83. The molecule has 0 unspecified atom stereocenters. The van der Waals surface area contributed by atoms with Gasteiger partial charge in [0, 0.05) is 6.04 Å². The van der Waals surface area contributed by atoms with Gasteiger partial charge in [0.25, 0.3) is 5.91 Å². The lowest BCUT2D eigenvalue weighted by Crippen LogP contribution is -2.30. The van der Waals surface area contributed by atoms with Crippen LogP contribution < -0.4 is 10.1 Å². The highest BCUT2D eigenvalue weighted by molar-refractivity contribution is 5.78. The second-order valence-electron chi connectivity index (χ2n) is 5.27. The highest BCUT2D eigenvalue weighted by Gasteiger charge is 2.23. The smallest absolute Gasteiger partial charge is 0.258 e. The molecule has 0 aromatic heterocycles. The molecule has 0 aliphatic heterocycles. The van der Waals surface area contributed by atoms with Crippen molar-refractivity contribution < 1.29 is 9.53 Å². The molecule has 0 heterocycles. The number of carbonyl (C=O) groups is 1. The molecule has 1 saturated carbocycles. The molecule has 1 N–H and O–H groups in total. The third-order valence-electron chi connectivity index (χ3n) is 3.63. The number of aryl methyl sites for hydroxylation is 2. The van der Waals surface area contributed by atoms with Gasteiger partial charge in [-0.1, -0.05) is 6.07 Å². The summed E-state index contributed by atoms with van der Waals surface area (Å²) in [6.45, 7) is 0.134. The van der Waals surface area contributed by atoms with Crippen LogP contribution in [0.2, 0.25) is 0 Å². The Bertz CT molecular complexity index is 452. The van der Waals surface area contributed by atoms with E-state index in [4.69, 9.17) is 4.74 Å². The zero-order valence-electron chi connectivity index (χ0n) is 10.6. The van der Waals surface area contributed by atoms with Crippen LogP contribution in [0.1, 0.15) is 36.8 Å². The van der Waals surface area contributed by atoms with Crippen molar-refractivity contribution in [3.05, 3.63) is 29.3 Å². The van der Waals surface area contributed by atoms with Gasteiger partial charge in [0.05, 0.1) is 0 Å². The molecule has 0 radical (unpaired) electrons. The number of rotatable bonds is 4. The molecule has 3 rings (SSSR count). The highest BCUT2D eigenvalue weighted by Crippen LogP contribution is 2.25. The van der Waals surface area contributed by atoms with Crippen molar-refractivity contribution >= 4 is 5.91 Å². The Morgan fingerprint density at radius 1 is 1.22 bits per heavy atom. The SMILES string of the molecule is O=C(COc1ccc2c(c1)CCCC2)NC1CC1. The van der Waals surface area contributed by atoms with E-state index in [2.05, 4.69) is 17.4 Å². The average Bonchev–Trinajstić information content (AvgIpc) is 3.20. The zero-order chi connectivity index (χ0) is 12.4. The normalized spacial score (nSPS) is 18.0. The van der Waals surface area contributed by atoms with Crippen LogP contribution in [0.4, 0.5) is 0 Å². The number of fused-ring (bicyclic) bond motifs is 1. The number of carbonyl (C=O) groups excluding carboxylic acids is 1. The van der Waals surface area contributed by atoms with Crippen molar-refractivity contribution in [2.24, 2.45) is 0 Å². The van der Waals surface area contributed by atoms with E-state index in [0.717, 1.165) is 25.0 Å². The molecule has 0 saturated heterocycles. The van der Waals surface area contributed by atoms with Gasteiger partial charge >= 0.3 is 0 Å². The van der Waals surface area contributed by atoms with Gasteiger partial charge < -0.3 is 10.1 Å². The fraction of sp³-hybridized carbons (Fsp3) is 0.533. The summed E-state index contributed by atoms with van der Waals surface area (Å²) in [5, 5.41) is 2.92. The summed E-state index contributed by atoms with van der Waals surface area (Å²) in [7, 11) is 0. The fourth-order valence-corrected chi connectivity index (χ4v) is 2.45. The van der Waals surface area contributed by atoms with E-state index in [0.29, 0.717) is 6.04 Å². The maximum atomic E-state index is 11.5. The number of ether oxygens (including phenoxy) is 1. The third kappa shape index (κ3) is 2.84. The van der Waals surface area contributed by atoms with Crippen LogP contribution in [0.3, 0.4) is 0 Å². The largest absolute Gasteiger partial charge is 0.484 e. The van der Waals surface area contributed by atoms with E-state index in [1.54, 1.807) is 0 Å². The molecule has 1 aromatic rings. The van der Waals surface area contributed by atoms with Crippen molar-refractivity contribution in [3.8, 4) is 5.75 Å². The van der Waals surface area contributed by atoms with Crippen LogP contribution >= 0.6 is 0 Å². The summed E-state index contributed by atoms with van der Waals surface area (Å²) in [6, 6.07) is 6.63. The summed E-state index contributed by atoms with van der Waals surface area (Å²) in [6.07, 6.45) is 7.10. The Morgan fingerprint density at radius 3 is 2.78 bits per heavy atom. The van der Waals surface area contributed by atoms with E-state index >= 15 is 0 Å². The Labute approximate surface area is 108 Å². The highest BCUT2D eigenvalue weighted by atomic mass is 16.5. The van der Waals surface area contributed by atoms with E-state index in [1.165, 1.54) is 30.4 Å². The van der Waals surface area contributed by atoms with Crippen LogP contribution in [-0.4, -0.2) is 18.6 Å². The predicted molar refractivity (Wildman–Crippen MR) is 69.7 cm³/mol. The van der Waals surface area contributed by atoms with Crippen molar-refractivity contribution in [2.75, 3.05) is 6.61 Å². The van der Waals surface area contributed by atoms with Crippen LogP contribution in [0, 0.1) is 0 Å². The lowest BCUT2D eigenvalue weighted by atomic mass is 9.92. The molecule has 3 heteroatoms. The second kappa shape index (κ2) is 5.01. The molecule has 96 valence electrons. The topological polar surface area (TPSA) is 38.3 Å². The molecule has 2 aliphatic carbocycles. The summed E-state index contributed by atoms with van der Waals surface area (Å²) in [4.78, 5) is 11.5. The molecule has 0 spiro atoms. The molecular weight excluding hydrogens is 226 g/mol. The van der Waals surface area contributed by atoms with Crippen LogP contribution in [-0.2, 0) is 17.6 Å². The van der Waals surface area contributed by atoms with Crippen molar-refractivity contribution in [1.29, 1.82) is 0 Å². The summed E-state index contributed by atoms with van der Waals surface area (Å²) >= 11 is 0. The van der Waals surface area contributed by atoms with Gasteiger partial charge in [-0.25, -0.2) is 0 Å². The Balaban J connectivity index is 1.56. The number of nitrogens with one attached hydrogen (secondary N) is 1. The first-order valence-electron chi connectivity index (χ1n) is 6.85. The predicted octanol–water partition coefficient (Wildman–Crippen LogP) is 2.22. The Hall–Kier alpha value is -1.51. The van der Waals surface area contributed by atoms with Gasteiger partial charge in [0.15, 0.2) is 6.61 Å². The first kappa shape index (κ1) is 11.6. The monoisotopic (exact) mass is 245 g/mol. The van der Waals surface area contributed by atoms with E-state index in [-0.39, 0.29) is 12.5 Å². The molecule has 2 aliphatic rings. The average molecular weight is 245 g/mol. The summed E-state index contributed by atoms with van der Waals surface area (Å²) in [5.74, 6) is 0.816. The molecule has 18 heavy (non-hydrogen) atoms. The minimum atomic E-state index is -0.00443. The van der Waals surface area contributed by atoms with Gasteiger partial charge in [-0.2, -0.15) is 0 Å². The van der Waals surface area contributed by atoms with Crippen molar-refractivity contribution in [3.63, 3.8) is 0 Å². The molecule has 1 amide bonds. The van der Waals surface area contributed by atoms with Crippen LogP contribution in [0.25, 0.3) is 0 Å². The minimum absolute atomic E-state index is 0.00443. The summed E-state index contributed by atoms with van der Waals surface area (Å²) < 4.78 is 5.55. The van der Waals surface area contributed by atoms with E-state index in [9.17, 15) is 4.79 Å². The molecule has 0 atom stereocenters. The fourth-order valence-electron chi connectivity index (χ4n) is 2.45. The Morgan fingerprint density at radius 2 is 2.00 bits per heavy atom. The number of amides is 1. The first-order chi connectivity index (χ1) is 8.81. The van der Waals surface area contributed by atoms with Crippen LogP contribution in [0.5, 0.6) is 5.75 Å². The van der Waals surface area contributed by atoms with E-state index in [1.807, 2.05) is 6.07 Å². The lowest BCUT2D eigenvalue weighted by molar-refractivity contribution is -0.123. The quantitative estimate of drug-likeness (QED) is 0.883. The van der Waals surface area contributed by atoms with Crippen LogP contribution in [0.15, 0.2) is 18.2 Å². The van der Waals surface area contributed by atoms with Gasteiger partial charge in [-0.05, 0) is 61.8 Å². The number of benzene rings is 1. The van der Waals surface area contributed by atoms with Gasteiger partial charge in [0.1, 0.15) is 5.75 Å². The molecule has 0 bridgehead atoms. The van der Waals surface area contributed by atoms with Crippen molar-refractivity contribution in [1.82, 2.24) is 5.32 Å². The van der Waals surface area contributed by atoms with Gasteiger partial charge in [0.2, 0.25) is 0 Å². The molecule has 1 fully saturated rings. The molecular formula is C15H19NO2. The minimum Gasteiger partial charge on any atom is -0.484 e. The third-order valence-corrected chi connectivity index (χ3v) is 3.63. The van der Waals surface area contributed by atoms with Gasteiger partial charge in [-0.3, -0.25) is 4.79 Å². The van der Waals surface area contributed by atoms with E-state index < -0.39 is 0 Å². The molecule has 1 aromatic carbocycles. The standard InChI is InChI=1S/C15H19NO2/c17-15(16-13-6-7-13)10-18-14-8-5-11-3-1-2-4-12(11)9-14/h5,8-9,13H,1-4,6-7,10H2,(H,16,17). The first-order valence-corrected chi connectivity index (χ1v) is 6.85. The van der Waals surface area contributed by atoms with Crippen molar-refractivity contribution in [2.45, 2.75) is 44.6 Å². The molecule has 3 nitrogen and oxygen atoms in total. The second-order valence-corrected chi connectivity index (χ2v) is 5.27. The Kier molecular flexibility index (Phi) is 3.22.